The van der Waals surface area contributed by atoms with Gasteiger partial charge in [0.25, 0.3) is 5.91 Å². The topological polar surface area (TPSA) is 73.0 Å². The van der Waals surface area contributed by atoms with E-state index in [1.807, 2.05) is 38.4 Å². The number of urea groups is 1. The highest BCUT2D eigenvalue weighted by Crippen LogP contribution is 2.39. The van der Waals surface area contributed by atoms with Crippen LogP contribution in [0, 0.1) is 0 Å². The Labute approximate surface area is 166 Å². The Morgan fingerprint density at radius 3 is 2.29 bits per heavy atom. The van der Waals surface area contributed by atoms with Crippen LogP contribution in [0.15, 0.2) is 24.3 Å². The zero-order valence-corrected chi connectivity index (χ0v) is 17.0. The summed E-state index contributed by atoms with van der Waals surface area (Å²) in [5.74, 6) is -0.539. The highest BCUT2D eigenvalue weighted by molar-refractivity contribution is 6.08. The first kappa shape index (κ1) is 20.3. The standard InChI is InChI=1S/C21H30N4O3/c1-23(2)14-17-9-7-16(8-10-17)13-22-18(26)15-25-19(27)21(24(3)20(25)28)11-5-4-6-12-21/h7-10H,4-6,11-15H2,1-3H3,(H,22,26). The second-order valence-corrected chi connectivity index (χ2v) is 8.16. The van der Waals surface area contributed by atoms with E-state index in [9.17, 15) is 14.4 Å². The van der Waals surface area contributed by atoms with Gasteiger partial charge in [-0.3, -0.25) is 14.5 Å². The first-order valence-corrected chi connectivity index (χ1v) is 9.92. The summed E-state index contributed by atoms with van der Waals surface area (Å²) < 4.78 is 0. The Morgan fingerprint density at radius 1 is 1.07 bits per heavy atom. The van der Waals surface area contributed by atoms with Crippen LogP contribution in [0.25, 0.3) is 0 Å². The molecule has 1 aromatic carbocycles. The number of benzene rings is 1. The van der Waals surface area contributed by atoms with Crippen LogP contribution >= 0.6 is 0 Å². The van der Waals surface area contributed by atoms with Crippen LogP contribution in [0.5, 0.6) is 0 Å². The van der Waals surface area contributed by atoms with Crippen molar-refractivity contribution in [2.45, 2.75) is 50.7 Å². The summed E-state index contributed by atoms with van der Waals surface area (Å²) in [5, 5.41) is 2.82. The number of nitrogens with one attached hydrogen (secondary N) is 1. The molecule has 1 aromatic rings. The maximum atomic E-state index is 12.9. The van der Waals surface area contributed by atoms with Crippen molar-refractivity contribution in [3.05, 3.63) is 35.4 Å². The summed E-state index contributed by atoms with van der Waals surface area (Å²) in [6.45, 7) is 1.02. The van der Waals surface area contributed by atoms with Crippen molar-refractivity contribution in [3.8, 4) is 0 Å². The van der Waals surface area contributed by atoms with Gasteiger partial charge in [0, 0.05) is 20.1 Å². The molecule has 1 spiro atoms. The molecule has 28 heavy (non-hydrogen) atoms. The second kappa shape index (κ2) is 8.31. The molecule has 1 aliphatic carbocycles. The number of likely N-dealkylation sites (N-methyl/N-ethyl adjacent to an activating group) is 1. The molecule has 1 aliphatic heterocycles. The van der Waals surface area contributed by atoms with E-state index in [4.69, 9.17) is 0 Å². The minimum absolute atomic E-state index is 0.220. The highest BCUT2D eigenvalue weighted by Gasteiger charge is 2.55. The molecule has 7 heteroatoms. The number of hydrogen-bond acceptors (Lipinski definition) is 4. The van der Waals surface area contributed by atoms with Gasteiger partial charge in [0.2, 0.25) is 5.91 Å². The predicted molar refractivity (Wildman–Crippen MR) is 106 cm³/mol. The number of rotatable bonds is 6. The van der Waals surface area contributed by atoms with Gasteiger partial charge in [-0.2, -0.15) is 0 Å². The molecule has 1 saturated heterocycles. The van der Waals surface area contributed by atoms with Crippen LogP contribution in [-0.2, 0) is 22.7 Å². The molecule has 0 atom stereocenters. The maximum Gasteiger partial charge on any atom is 0.327 e. The normalized spacial score (nSPS) is 19.0. The molecule has 0 radical (unpaired) electrons. The Bertz CT molecular complexity index is 739. The monoisotopic (exact) mass is 386 g/mol. The number of amides is 4. The number of carbonyl (C=O) groups excluding carboxylic acids is 3. The lowest BCUT2D eigenvalue weighted by atomic mass is 9.81. The molecule has 152 valence electrons. The fourth-order valence-corrected chi connectivity index (χ4v) is 4.20. The van der Waals surface area contributed by atoms with E-state index in [1.54, 1.807) is 11.9 Å². The lowest BCUT2D eigenvalue weighted by molar-refractivity contribution is -0.137. The molecule has 1 heterocycles. The predicted octanol–water partition coefficient (Wildman–Crippen LogP) is 1.96. The Hall–Kier alpha value is -2.41. The number of imide groups is 1. The van der Waals surface area contributed by atoms with Crippen molar-refractivity contribution < 1.29 is 14.4 Å². The molecule has 2 aliphatic rings. The highest BCUT2D eigenvalue weighted by atomic mass is 16.2. The van der Waals surface area contributed by atoms with E-state index in [-0.39, 0.29) is 24.4 Å². The molecule has 2 fully saturated rings. The quantitative estimate of drug-likeness (QED) is 0.759. The third kappa shape index (κ3) is 4.04. The first-order chi connectivity index (χ1) is 13.3. The minimum Gasteiger partial charge on any atom is -0.350 e. The fourth-order valence-electron chi connectivity index (χ4n) is 4.20. The Kier molecular flexibility index (Phi) is 6.03. The summed E-state index contributed by atoms with van der Waals surface area (Å²) in [6, 6.07) is 7.68. The fraction of sp³-hybridized carbons (Fsp3) is 0.571. The molecule has 1 N–H and O–H groups in total. The SMILES string of the molecule is CN(C)Cc1ccc(CNC(=O)CN2C(=O)N(C)C3(CCCCC3)C2=O)cc1. The molecular formula is C21H30N4O3. The minimum atomic E-state index is -0.738. The van der Waals surface area contributed by atoms with Gasteiger partial charge in [-0.25, -0.2) is 4.79 Å². The molecule has 4 amide bonds. The third-order valence-corrected chi connectivity index (χ3v) is 5.80. The van der Waals surface area contributed by atoms with E-state index < -0.39 is 5.54 Å². The van der Waals surface area contributed by atoms with Crippen molar-refractivity contribution in [2.24, 2.45) is 0 Å². The summed E-state index contributed by atoms with van der Waals surface area (Å²) in [6.07, 6.45) is 4.34. The van der Waals surface area contributed by atoms with Crippen molar-refractivity contribution in [2.75, 3.05) is 27.7 Å². The van der Waals surface area contributed by atoms with Gasteiger partial charge >= 0.3 is 6.03 Å². The average Bonchev–Trinajstić information content (AvgIpc) is 2.84. The number of nitrogens with zero attached hydrogens (tertiary/aromatic N) is 3. The van der Waals surface area contributed by atoms with Gasteiger partial charge < -0.3 is 15.1 Å². The van der Waals surface area contributed by atoms with Crippen LogP contribution in [0.3, 0.4) is 0 Å². The third-order valence-electron chi connectivity index (χ3n) is 5.80. The van der Waals surface area contributed by atoms with Gasteiger partial charge in [-0.15, -0.1) is 0 Å². The summed E-state index contributed by atoms with van der Waals surface area (Å²) in [4.78, 5) is 42.6. The molecule has 1 saturated carbocycles. The maximum absolute atomic E-state index is 12.9. The smallest absolute Gasteiger partial charge is 0.327 e. The first-order valence-electron chi connectivity index (χ1n) is 9.92. The van der Waals surface area contributed by atoms with Crippen LogP contribution in [0.1, 0.15) is 43.2 Å². The molecule has 0 aromatic heterocycles. The van der Waals surface area contributed by atoms with E-state index >= 15 is 0 Å². The number of carbonyl (C=O) groups is 3. The molecular weight excluding hydrogens is 356 g/mol. The lowest BCUT2D eigenvalue weighted by Crippen LogP contribution is -2.49. The Morgan fingerprint density at radius 2 is 1.68 bits per heavy atom. The molecule has 3 rings (SSSR count). The van der Waals surface area contributed by atoms with Crippen molar-refractivity contribution in [3.63, 3.8) is 0 Å². The van der Waals surface area contributed by atoms with Crippen molar-refractivity contribution in [1.29, 1.82) is 0 Å². The largest absolute Gasteiger partial charge is 0.350 e. The van der Waals surface area contributed by atoms with Crippen LogP contribution < -0.4 is 5.32 Å². The summed E-state index contributed by atoms with van der Waals surface area (Å²) in [7, 11) is 5.71. The van der Waals surface area contributed by atoms with E-state index in [0.717, 1.165) is 36.3 Å². The summed E-state index contributed by atoms with van der Waals surface area (Å²) >= 11 is 0. The van der Waals surface area contributed by atoms with Crippen LogP contribution in [0.4, 0.5) is 4.79 Å². The van der Waals surface area contributed by atoms with Crippen LogP contribution in [-0.4, -0.2) is 65.8 Å². The Balaban J connectivity index is 1.56. The molecule has 0 unspecified atom stereocenters. The summed E-state index contributed by atoms with van der Waals surface area (Å²) in [5.41, 5.74) is 1.45. The van der Waals surface area contributed by atoms with Crippen molar-refractivity contribution >= 4 is 17.8 Å². The lowest BCUT2D eigenvalue weighted by Gasteiger charge is -2.35. The van der Waals surface area contributed by atoms with Crippen molar-refractivity contribution in [1.82, 2.24) is 20.0 Å². The van der Waals surface area contributed by atoms with Gasteiger partial charge in [0.1, 0.15) is 12.1 Å². The van der Waals surface area contributed by atoms with Gasteiger partial charge in [0.15, 0.2) is 0 Å². The second-order valence-electron chi connectivity index (χ2n) is 8.16. The van der Waals surface area contributed by atoms with Gasteiger partial charge in [-0.1, -0.05) is 43.5 Å². The van der Waals surface area contributed by atoms with E-state index in [0.29, 0.717) is 19.4 Å². The van der Waals surface area contributed by atoms with E-state index in [2.05, 4.69) is 10.2 Å². The van der Waals surface area contributed by atoms with Crippen LogP contribution in [0.2, 0.25) is 0 Å². The number of hydrogen-bond donors (Lipinski definition) is 1. The van der Waals surface area contributed by atoms with E-state index in [1.165, 1.54) is 5.56 Å². The molecule has 7 nitrogen and oxygen atoms in total. The zero-order chi connectivity index (χ0) is 20.3. The average molecular weight is 386 g/mol. The van der Waals surface area contributed by atoms with Gasteiger partial charge in [0.05, 0.1) is 0 Å². The zero-order valence-electron chi connectivity index (χ0n) is 17.0. The van der Waals surface area contributed by atoms with Gasteiger partial charge in [-0.05, 0) is 38.1 Å². The molecule has 0 bridgehead atoms.